The first-order valence-electron chi connectivity index (χ1n) is 6.20. The molecule has 0 spiro atoms. The van der Waals surface area contributed by atoms with Crippen molar-refractivity contribution in [3.05, 3.63) is 52.5 Å². The SMILES string of the molecule is COc1ccc(CNC(=O)c2cc(Cl)ccc2O)cc1N. The Labute approximate surface area is 127 Å². The third kappa shape index (κ3) is 3.58. The lowest BCUT2D eigenvalue weighted by molar-refractivity contribution is 0.0948. The number of anilines is 1. The Morgan fingerprint density at radius 2 is 2.10 bits per heavy atom. The summed E-state index contributed by atoms with van der Waals surface area (Å²) in [6.45, 7) is 0.277. The standard InChI is InChI=1S/C15H15ClN2O3/c1-21-14-5-2-9(6-12(14)17)8-18-15(20)11-7-10(16)3-4-13(11)19/h2-7,19H,8,17H2,1H3,(H,18,20). The monoisotopic (exact) mass is 306 g/mol. The van der Waals surface area contributed by atoms with E-state index in [1.54, 1.807) is 18.2 Å². The smallest absolute Gasteiger partial charge is 0.255 e. The van der Waals surface area contributed by atoms with Gasteiger partial charge in [0.15, 0.2) is 0 Å². The van der Waals surface area contributed by atoms with Crippen LogP contribution in [0.25, 0.3) is 0 Å². The largest absolute Gasteiger partial charge is 0.507 e. The van der Waals surface area contributed by atoms with Crippen LogP contribution in [0, 0.1) is 0 Å². The summed E-state index contributed by atoms with van der Waals surface area (Å²) in [5.74, 6) is 0.0492. The van der Waals surface area contributed by atoms with Crippen molar-refractivity contribution in [1.29, 1.82) is 0 Å². The maximum absolute atomic E-state index is 12.0. The minimum atomic E-state index is -0.413. The molecule has 2 rings (SSSR count). The number of benzene rings is 2. The van der Waals surface area contributed by atoms with Crippen LogP contribution < -0.4 is 15.8 Å². The highest BCUT2D eigenvalue weighted by Crippen LogP contribution is 2.23. The van der Waals surface area contributed by atoms with E-state index >= 15 is 0 Å². The molecule has 1 amide bonds. The van der Waals surface area contributed by atoms with Gasteiger partial charge in [-0.3, -0.25) is 4.79 Å². The summed E-state index contributed by atoms with van der Waals surface area (Å²) in [6, 6.07) is 9.55. The Kier molecular flexibility index (Phi) is 4.55. The second-order valence-electron chi connectivity index (χ2n) is 4.42. The fourth-order valence-electron chi connectivity index (χ4n) is 1.86. The molecule has 0 fully saturated rings. The van der Waals surface area contributed by atoms with Crippen molar-refractivity contribution in [2.75, 3.05) is 12.8 Å². The molecular formula is C15H15ClN2O3. The number of amides is 1. The van der Waals surface area contributed by atoms with Gasteiger partial charge in [0.25, 0.3) is 5.91 Å². The van der Waals surface area contributed by atoms with Gasteiger partial charge in [0.1, 0.15) is 11.5 Å². The summed E-state index contributed by atoms with van der Waals surface area (Å²) in [5.41, 5.74) is 7.24. The summed E-state index contributed by atoms with van der Waals surface area (Å²) >= 11 is 5.81. The van der Waals surface area contributed by atoms with Crippen LogP contribution in [-0.4, -0.2) is 18.1 Å². The highest BCUT2D eigenvalue weighted by molar-refractivity contribution is 6.31. The van der Waals surface area contributed by atoms with E-state index in [2.05, 4.69) is 5.32 Å². The van der Waals surface area contributed by atoms with Crippen LogP contribution in [0.15, 0.2) is 36.4 Å². The van der Waals surface area contributed by atoms with Gasteiger partial charge >= 0.3 is 0 Å². The number of phenols is 1. The van der Waals surface area contributed by atoms with Crippen molar-refractivity contribution in [1.82, 2.24) is 5.32 Å². The van der Waals surface area contributed by atoms with Crippen molar-refractivity contribution in [3.8, 4) is 11.5 Å². The van der Waals surface area contributed by atoms with Gasteiger partial charge in [0, 0.05) is 11.6 Å². The normalized spacial score (nSPS) is 10.2. The van der Waals surface area contributed by atoms with Crippen LogP contribution in [0.1, 0.15) is 15.9 Å². The summed E-state index contributed by atoms with van der Waals surface area (Å²) < 4.78 is 5.06. The molecule has 110 valence electrons. The third-order valence-corrected chi connectivity index (χ3v) is 3.19. The molecule has 0 aliphatic carbocycles. The van der Waals surface area contributed by atoms with Crippen LogP contribution in [0.5, 0.6) is 11.5 Å². The number of rotatable bonds is 4. The maximum Gasteiger partial charge on any atom is 0.255 e. The predicted octanol–water partition coefficient (Wildman–Crippen LogP) is 2.57. The molecule has 0 saturated carbocycles. The van der Waals surface area contributed by atoms with Crippen molar-refractivity contribution in [3.63, 3.8) is 0 Å². The molecule has 4 N–H and O–H groups in total. The first-order chi connectivity index (χ1) is 10.0. The van der Waals surface area contributed by atoms with Gasteiger partial charge in [-0.2, -0.15) is 0 Å². The first kappa shape index (κ1) is 15.0. The van der Waals surface area contributed by atoms with Crippen LogP contribution in [0.3, 0.4) is 0 Å². The Morgan fingerprint density at radius 3 is 2.76 bits per heavy atom. The number of carbonyl (C=O) groups is 1. The van der Waals surface area contributed by atoms with Gasteiger partial charge in [-0.25, -0.2) is 0 Å². The summed E-state index contributed by atoms with van der Waals surface area (Å²) in [6.07, 6.45) is 0. The number of methoxy groups -OCH3 is 1. The lowest BCUT2D eigenvalue weighted by Crippen LogP contribution is -2.23. The molecule has 0 aromatic heterocycles. The van der Waals surface area contributed by atoms with Gasteiger partial charge in [-0.05, 0) is 35.9 Å². The number of nitrogen functional groups attached to an aromatic ring is 1. The van der Waals surface area contributed by atoms with Gasteiger partial charge < -0.3 is 20.9 Å². The highest BCUT2D eigenvalue weighted by atomic mass is 35.5. The third-order valence-electron chi connectivity index (χ3n) is 2.95. The van der Waals surface area contributed by atoms with Crippen molar-refractivity contribution < 1.29 is 14.6 Å². The Bertz CT molecular complexity index is 674. The minimum Gasteiger partial charge on any atom is -0.507 e. The lowest BCUT2D eigenvalue weighted by atomic mass is 10.1. The van der Waals surface area contributed by atoms with E-state index in [0.717, 1.165) is 5.56 Å². The second kappa shape index (κ2) is 6.37. The fraction of sp³-hybridized carbons (Fsp3) is 0.133. The second-order valence-corrected chi connectivity index (χ2v) is 4.86. The number of hydrogen-bond acceptors (Lipinski definition) is 4. The quantitative estimate of drug-likeness (QED) is 0.758. The first-order valence-corrected chi connectivity index (χ1v) is 6.58. The lowest BCUT2D eigenvalue weighted by Gasteiger charge is -2.09. The molecule has 5 nitrogen and oxygen atoms in total. The fourth-order valence-corrected chi connectivity index (χ4v) is 2.03. The molecule has 0 aliphatic rings. The Morgan fingerprint density at radius 1 is 1.33 bits per heavy atom. The molecule has 6 heteroatoms. The number of aromatic hydroxyl groups is 1. The van der Waals surface area contributed by atoms with Gasteiger partial charge in [-0.15, -0.1) is 0 Å². The van der Waals surface area contributed by atoms with Crippen molar-refractivity contribution >= 4 is 23.2 Å². The van der Waals surface area contributed by atoms with E-state index < -0.39 is 5.91 Å². The zero-order chi connectivity index (χ0) is 15.4. The number of hydrogen-bond donors (Lipinski definition) is 3. The molecule has 21 heavy (non-hydrogen) atoms. The molecular weight excluding hydrogens is 292 g/mol. The molecule has 0 bridgehead atoms. The van der Waals surface area contributed by atoms with E-state index in [4.69, 9.17) is 22.1 Å². The molecule has 0 radical (unpaired) electrons. The van der Waals surface area contributed by atoms with Crippen molar-refractivity contribution in [2.45, 2.75) is 6.54 Å². The molecule has 0 unspecified atom stereocenters. The molecule has 0 atom stereocenters. The number of carbonyl (C=O) groups excluding carboxylic acids is 1. The zero-order valence-corrected chi connectivity index (χ0v) is 12.1. The zero-order valence-electron chi connectivity index (χ0n) is 11.4. The van der Waals surface area contributed by atoms with E-state index in [1.165, 1.54) is 25.3 Å². The van der Waals surface area contributed by atoms with Gasteiger partial charge in [0.2, 0.25) is 0 Å². The van der Waals surface area contributed by atoms with E-state index in [1.807, 2.05) is 0 Å². The molecule has 0 aliphatic heterocycles. The number of halogens is 1. The van der Waals surface area contributed by atoms with E-state index in [-0.39, 0.29) is 17.9 Å². The maximum atomic E-state index is 12.0. The Hall–Kier alpha value is -2.40. The van der Waals surface area contributed by atoms with Crippen LogP contribution in [-0.2, 0) is 6.54 Å². The predicted molar refractivity (Wildman–Crippen MR) is 81.7 cm³/mol. The van der Waals surface area contributed by atoms with Gasteiger partial charge in [0.05, 0.1) is 18.4 Å². The molecule has 0 saturated heterocycles. The summed E-state index contributed by atoms with van der Waals surface area (Å²) in [5, 5.41) is 12.7. The summed E-state index contributed by atoms with van der Waals surface area (Å²) in [4.78, 5) is 12.0. The Balaban J connectivity index is 2.07. The number of nitrogens with one attached hydrogen (secondary N) is 1. The number of nitrogens with two attached hydrogens (primary N) is 1. The molecule has 2 aromatic rings. The molecule has 2 aromatic carbocycles. The highest BCUT2D eigenvalue weighted by Gasteiger charge is 2.11. The van der Waals surface area contributed by atoms with Crippen LogP contribution in [0.4, 0.5) is 5.69 Å². The number of phenolic OH excluding ortho intramolecular Hbond substituents is 1. The summed E-state index contributed by atoms with van der Waals surface area (Å²) in [7, 11) is 1.54. The van der Waals surface area contributed by atoms with E-state index in [0.29, 0.717) is 16.5 Å². The van der Waals surface area contributed by atoms with Crippen LogP contribution >= 0.6 is 11.6 Å². The minimum absolute atomic E-state index is 0.119. The van der Waals surface area contributed by atoms with E-state index in [9.17, 15) is 9.90 Å². The number of ether oxygens (including phenoxy) is 1. The average Bonchev–Trinajstić information content (AvgIpc) is 2.47. The average molecular weight is 307 g/mol. The topological polar surface area (TPSA) is 84.6 Å². The van der Waals surface area contributed by atoms with Crippen LogP contribution in [0.2, 0.25) is 5.02 Å². The van der Waals surface area contributed by atoms with Gasteiger partial charge in [-0.1, -0.05) is 17.7 Å². The van der Waals surface area contributed by atoms with Crippen molar-refractivity contribution in [2.24, 2.45) is 0 Å². The molecule has 0 heterocycles.